The minimum absolute atomic E-state index is 0.134. The van der Waals surface area contributed by atoms with E-state index in [1.165, 1.54) is 0 Å². The fraction of sp³-hybridized carbons (Fsp3) is 0.312. The zero-order chi connectivity index (χ0) is 30.2. The van der Waals surface area contributed by atoms with Gasteiger partial charge in [0, 0.05) is 61.3 Å². The van der Waals surface area contributed by atoms with Crippen molar-refractivity contribution in [3.8, 4) is 17.2 Å². The molecule has 0 spiro atoms. The molecule has 0 atom stereocenters. The van der Waals surface area contributed by atoms with Gasteiger partial charge < -0.3 is 20.1 Å². The molecule has 2 aromatic carbocycles. The molecule has 43 heavy (non-hydrogen) atoms. The third-order valence-electron chi connectivity index (χ3n) is 6.91. The molecule has 1 fully saturated rings. The maximum absolute atomic E-state index is 13.0. The van der Waals surface area contributed by atoms with Crippen molar-refractivity contribution in [3.63, 3.8) is 0 Å². The molecule has 4 aromatic rings. The number of benzene rings is 2. The van der Waals surface area contributed by atoms with Crippen molar-refractivity contribution in [2.75, 3.05) is 50.0 Å². The predicted molar refractivity (Wildman–Crippen MR) is 165 cm³/mol. The van der Waals surface area contributed by atoms with E-state index in [1.54, 1.807) is 65.6 Å². The largest absolute Gasteiger partial charge is 0.457 e. The van der Waals surface area contributed by atoms with Crippen molar-refractivity contribution in [2.45, 2.75) is 26.2 Å². The average molecular weight is 584 g/mol. The van der Waals surface area contributed by atoms with Crippen LogP contribution in [-0.4, -0.2) is 71.0 Å². The number of aromatic nitrogens is 3. The Balaban J connectivity index is 1.23. The van der Waals surface area contributed by atoms with Crippen LogP contribution >= 0.6 is 0 Å². The summed E-state index contributed by atoms with van der Waals surface area (Å²) in [7, 11) is 0. The molecule has 1 aliphatic rings. The topological polar surface area (TPSA) is 123 Å². The summed E-state index contributed by atoms with van der Waals surface area (Å²) in [5.41, 5.74) is 2.44. The van der Waals surface area contributed by atoms with Crippen LogP contribution in [0, 0.1) is 0 Å². The number of nitrogens with zero attached hydrogens (tertiary/aromatic N) is 4. The van der Waals surface area contributed by atoms with Gasteiger partial charge in [0.2, 0.25) is 0 Å². The van der Waals surface area contributed by atoms with Crippen LogP contribution in [0.15, 0.2) is 79.1 Å². The summed E-state index contributed by atoms with van der Waals surface area (Å²) in [5, 5.41) is 13.5. The maximum Gasteiger partial charge on any atom is 0.324 e. The molecule has 0 saturated carbocycles. The second-order valence-corrected chi connectivity index (χ2v) is 11.2. The SMILES string of the molecule is CC(C)(C)c1cc(NC(=O)Nc2ccc(Oc3ccncc3)cc2)n(-c2ccc(C(=O)NCCN3CCOCC3)cc2)n1. The van der Waals surface area contributed by atoms with Gasteiger partial charge in [-0.2, -0.15) is 5.10 Å². The number of pyridine rings is 1. The minimum atomic E-state index is -0.416. The number of nitrogens with one attached hydrogen (secondary N) is 3. The molecule has 0 unspecified atom stereocenters. The summed E-state index contributed by atoms with van der Waals surface area (Å²) < 4.78 is 12.8. The first-order chi connectivity index (χ1) is 20.7. The van der Waals surface area contributed by atoms with Crippen LogP contribution in [0.2, 0.25) is 0 Å². The molecule has 11 heteroatoms. The van der Waals surface area contributed by atoms with E-state index in [2.05, 4.69) is 46.6 Å². The molecule has 3 heterocycles. The number of hydrogen-bond acceptors (Lipinski definition) is 7. The van der Waals surface area contributed by atoms with Crippen LogP contribution in [-0.2, 0) is 10.2 Å². The number of carbonyl (C=O) groups excluding carboxylic acids is 2. The number of anilines is 2. The lowest BCUT2D eigenvalue weighted by molar-refractivity contribution is 0.0383. The summed E-state index contributed by atoms with van der Waals surface area (Å²) in [6, 6.07) is 19.2. The lowest BCUT2D eigenvalue weighted by Crippen LogP contribution is -2.41. The van der Waals surface area contributed by atoms with Gasteiger partial charge in [-0.15, -0.1) is 0 Å². The van der Waals surface area contributed by atoms with E-state index >= 15 is 0 Å². The molecule has 0 radical (unpaired) electrons. The zero-order valence-electron chi connectivity index (χ0n) is 24.7. The fourth-order valence-corrected chi connectivity index (χ4v) is 4.47. The molecular formula is C32H37N7O4. The smallest absolute Gasteiger partial charge is 0.324 e. The molecule has 5 rings (SSSR count). The maximum atomic E-state index is 13.0. The molecule has 11 nitrogen and oxygen atoms in total. The second kappa shape index (κ2) is 13.5. The van der Waals surface area contributed by atoms with Crippen LogP contribution < -0.4 is 20.7 Å². The normalized spacial score (nSPS) is 13.7. The average Bonchev–Trinajstić information content (AvgIpc) is 3.43. The molecular weight excluding hydrogens is 546 g/mol. The number of carbonyl (C=O) groups is 2. The molecule has 1 saturated heterocycles. The van der Waals surface area contributed by atoms with Crippen LogP contribution in [0.1, 0.15) is 36.8 Å². The monoisotopic (exact) mass is 583 g/mol. The van der Waals surface area contributed by atoms with Gasteiger partial charge in [-0.1, -0.05) is 20.8 Å². The van der Waals surface area contributed by atoms with E-state index in [4.69, 9.17) is 14.6 Å². The molecule has 2 aromatic heterocycles. The van der Waals surface area contributed by atoms with Gasteiger partial charge in [-0.3, -0.25) is 20.0 Å². The number of ether oxygens (including phenoxy) is 2. The van der Waals surface area contributed by atoms with Crippen molar-refractivity contribution in [3.05, 3.63) is 90.4 Å². The lowest BCUT2D eigenvalue weighted by atomic mass is 9.92. The highest BCUT2D eigenvalue weighted by Gasteiger charge is 2.22. The van der Waals surface area contributed by atoms with Crippen LogP contribution in [0.4, 0.5) is 16.3 Å². The minimum Gasteiger partial charge on any atom is -0.457 e. The van der Waals surface area contributed by atoms with E-state index in [1.807, 2.05) is 18.2 Å². The van der Waals surface area contributed by atoms with Crippen molar-refractivity contribution in [2.24, 2.45) is 0 Å². The summed E-state index contributed by atoms with van der Waals surface area (Å²) >= 11 is 0. The number of amides is 3. The zero-order valence-corrected chi connectivity index (χ0v) is 24.7. The number of hydrogen-bond donors (Lipinski definition) is 3. The van der Waals surface area contributed by atoms with Gasteiger partial charge in [-0.05, 0) is 60.7 Å². The Hall–Kier alpha value is -4.74. The molecule has 1 aliphatic heterocycles. The quantitative estimate of drug-likeness (QED) is 0.252. The standard InChI is InChI=1S/C32H37N7O4/c1-32(2,3)28-22-29(36-31(41)35-24-6-10-26(11-7-24)43-27-12-14-33-15-13-27)39(37-28)25-8-4-23(5-9-25)30(40)34-16-17-38-18-20-42-21-19-38/h4-15,22H,16-21H2,1-3H3,(H,34,40)(H2,35,36,41). The lowest BCUT2D eigenvalue weighted by Gasteiger charge is -2.26. The van der Waals surface area contributed by atoms with Gasteiger partial charge >= 0.3 is 6.03 Å². The summed E-state index contributed by atoms with van der Waals surface area (Å²) in [6.07, 6.45) is 3.32. The van der Waals surface area contributed by atoms with Crippen LogP contribution in [0.25, 0.3) is 5.69 Å². The van der Waals surface area contributed by atoms with E-state index in [9.17, 15) is 9.59 Å². The fourth-order valence-electron chi connectivity index (χ4n) is 4.47. The Morgan fingerprint density at radius 3 is 2.26 bits per heavy atom. The second-order valence-electron chi connectivity index (χ2n) is 11.2. The highest BCUT2D eigenvalue weighted by Crippen LogP contribution is 2.27. The predicted octanol–water partition coefficient (Wildman–Crippen LogP) is 5.06. The van der Waals surface area contributed by atoms with Gasteiger partial charge in [-0.25, -0.2) is 9.48 Å². The molecule has 0 aliphatic carbocycles. The molecule has 3 N–H and O–H groups in total. The summed E-state index contributed by atoms with van der Waals surface area (Å²) in [6.45, 7) is 10.8. The summed E-state index contributed by atoms with van der Waals surface area (Å²) in [5.74, 6) is 1.68. The Morgan fingerprint density at radius 1 is 0.907 bits per heavy atom. The molecule has 224 valence electrons. The first-order valence-corrected chi connectivity index (χ1v) is 14.3. The van der Waals surface area contributed by atoms with E-state index in [0.29, 0.717) is 40.8 Å². The Morgan fingerprint density at radius 2 is 1.58 bits per heavy atom. The summed E-state index contributed by atoms with van der Waals surface area (Å²) in [4.78, 5) is 32.0. The van der Waals surface area contributed by atoms with Gasteiger partial charge in [0.05, 0.1) is 24.6 Å². The third kappa shape index (κ3) is 8.18. The van der Waals surface area contributed by atoms with Gasteiger partial charge in [0.1, 0.15) is 17.3 Å². The van der Waals surface area contributed by atoms with Crippen molar-refractivity contribution >= 4 is 23.4 Å². The highest BCUT2D eigenvalue weighted by molar-refractivity contribution is 5.99. The Bertz CT molecular complexity index is 1510. The number of urea groups is 1. The van der Waals surface area contributed by atoms with Crippen molar-refractivity contribution < 1.29 is 19.1 Å². The van der Waals surface area contributed by atoms with Crippen LogP contribution in [0.3, 0.4) is 0 Å². The molecule has 0 bridgehead atoms. The first kappa shape index (κ1) is 29.7. The van der Waals surface area contributed by atoms with Crippen molar-refractivity contribution in [1.29, 1.82) is 0 Å². The first-order valence-electron chi connectivity index (χ1n) is 14.3. The third-order valence-corrected chi connectivity index (χ3v) is 6.91. The van der Waals surface area contributed by atoms with E-state index in [0.717, 1.165) is 38.5 Å². The highest BCUT2D eigenvalue weighted by atomic mass is 16.5. The number of morpholine rings is 1. The van der Waals surface area contributed by atoms with E-state index < -0.39 is 6.03 Å². The number of rotatable bonds is 9. The van der Waals surface area contributed by atoms with Gasteiger partial charge in [0.25, 0.3) is 5.91 Å². The molecule has 3 amide bonds. The van der Waals surface area contributed by atoms with Gasteiger partial charge in [0.15, 0.2) is 0 Å². The van der Waals surface area contributed by atoms with Crippen molar-refractivity contribution in [1.82, 2.24) is 25.0 Å². The Kier molecular flexibility index (Phi) is 9.33. The van der Waals surface area contributed by atoms with E-state index in [-0.39, 0.29) is 11.3 Å². The van der Waals surface area contributed by atoms with Crippen LogP contribution in [0.5, 0.6) is 11.5 Å². The Labute approximate surface area is 251 Å².